The summed E-state index contributed by atoms with van der Waals surface area (Å²) in [7, 11) is 2.19. The Morgan fingerprint density at radius 2 is 2.12 bits per heavy atom. The van der Waals surface area contributed by atoms with Crippen molar-refractivity contribution in [1.82, 2.24) is 20.4 Å². The summed E-state index contributed by atoms with van der Waals surface area (Å²) in [6.45, 7) is 6.95. The van der Waals surface area contributed by atoms with Crippen LogP contribution in [0.3, 0.4) is 0 Å². The second kappa shape index (κ2) is 6.21. The molecule has 0 radical (unpaired) electrons. The highest BCUT2D eigenvalue weighted by Gasteiger charge is 2.19. The third-order valence-corrected chi connectivity index (χ3v) is 3.77. The first kappa shape index (κ1) is 12.6. The minimum atomic E-state index is 0.0890. The molecular weight excluding hydrogens is 216 g/mol. The van der Waals surface area contributed by atoms with E-state index in [2.05, 4.69) is 22.6 Å². The maximum Gasteiger partial charge on any atom is 0.317 e. The molecule has 0 bridgehead atoms. The topological polar surface area (TPSA) is 47.6 Å². The van der Waals surface area contributed by atoms with Crippen LogP contribution in [0.25, 0.3) is 0 Å². The third kappa shape index (κ3) is 3.85. The molecule has 0 aromatic heterocycles. The van der Waals surface area contributed by atoms with Crippen molar-refractivity contribution in [3.8, 4) is 0 Å². The molecule has 0 aromatic rings. The molecule has 2 rings (SSSR count). The number of nitrogens with zero attached hydrogens (tertiary/aromatic N) is 2. The average Bonchev–Trinajstić information content (AvgIpc) is 2.73. The molecule has 0 aromatic carbocycles. The molecule has 0 aliphatic carbocycles. The van der Waals surface area contributed by atoms with Gasteiger partial charge in [-0.05, 0) is 45.4 Å². The molecule has 0 spiro atoms. The van der Waals surface area contributed by atoms with Crippen LogP contribution < -0.4 is 10.6 Å². The maximum atomic E-state index is 11.3. The van der Waals surface area contributed by atoms with Crippen LogP contribution in [0.15, 0.2) is 0 Å². The summed E-state index contributed by atoms with van der Waals surface area (Å²) in [5.41, 5.74) is 0. The van der Waals surface area contributed by atoms with Crippen LogP contribution in [0, 0.1) is 5.92 Å². The van der Waals surface area contributed by atoms with E-state index in [1.165, 1.54) is 25.9 Å². The largest absolute Gasteiger partial charge is 0.336 e. The van der Waals surface area contributed by atoms with Crippen LogP contribution in [-0.4, -0.2) is 68.7 Å². The zero-order chi connectivity index (χ0) is 12.1. The summed E-state index contributed by atoms with van der Waals surface area (Å²) in [4.78, 5) is 15.6. The van der Waals surface area contributed by atoms with Crippen LogP contribution in [0.1, 0.15) is 12.8 Å². The number of likely N-dealkylation sites (tertiary alicyclic amines) is 1. The second-order valence-electron chi connectivity index (χ2n) is 5.17. The monoisotopic (exact) mass is 240 g/mol. The van der Waals surface area contributed by atoms with Gasteiger partial charge in [0.2, 0.25) is 0 Å². The molecule has 0 saturated carbocycles. The van der Waals surface area contributed by atoms with E-state index in [4.69, 9.17) is 0 Å². The molecule has 2 heterocycles. The Balaban J connectivity index is 1.52. The predicted octanol–water partition coefficient (Wildman–Crippen LogP) is -0.0570. The molecule has 5 nitrogen and oxygen atoms in total. The molecule has 2 fully saturated rings. The highest BCUT2D eigenvalue weighted by atomic mass is 16.2. The molecule has 2 saturated heterocycles. The molecule has 2 aliphatic rings. The fraction of sp³-hybridized carbons (Fsp3) is 0.917. The highest BCUT2D eigenvalue weighted by Crippen LogP contribution is 2.14. The summed E-state index contributed by atoms with van der Waals surface area (Å²) < 4.78 is 0. The Bertz CT molecular complexity index is 251. The zero-order valence-corrected chi connectivity index (χ0v) is 10.7. The third-order valence-electron chi connectivity index (χ3n) is 3.77. The number of urea groups is 1. The highest BCUT2D eigenvalue weighted by molar-refractivity contribution is 5.76. The van der Waals surface area contributed by atoms with Crippen molar-refractivity contribution in [3.63, 3.8) is 0 Å². The maximum absolute atomic E-state index is 11.3. The van der Waals surface area contributed by atoms with E-state index in [-0.39, 0.29) is 6.03 Å². The van der Waals surface area contributed by atoms with E-state index >= 15 is 0 Å². The lowest BCUT2D eigenvalue weighted by Gasteiger charge is -2.29. The van der Waals surface area contributed by atoms with Gasteiger partial charge in [0.05, 0.1) is 0 Å². The first-order chi connectivity index (χ1) is 8.25. The van der Waals surface area contributed by atoms with Gasteiger partial charge in [-0.3, -0.25) is 0 Å². The minimum Gasteiger partial charge on any atom is -0.336 e. The normalized spacial score (nSPS) is 23.1. The van der Waals surface area contributed by atoms with Gasteiger partial charge in [-0.2, -0.15) is 0 Å². The van der Waals surface area contributed by atoms with Crippen molar-refractivity contribution in [3.05, 3.63) is 0 Å². The number of hydrogen-bond donors (Lipinski definition) is 2. The summed E-state index contributed by atoms with van der Waals surface area (Å²) in [5.74, 6) is 0.818. The van der Waals surface area contributed by atoms with E-state index in [0.29, 0.717) is 0 Å². The lowest BCUT2D eigenvalue weighted by atomic mass is 9.97. The molecule has 0 unspecified atom stereocenters. The van der Waals surface area contributed by atoms with E-state index in [1.807, 2.05) is 4.90 Å². The second-order valence-corrected chi connectivity index (χ2v) is 5.17. The van der Waals surface area contributed by atoms with Gasteiger partial charge in [-0.25, -0.2) is 4.79 Å². The van der Waals surface area contributed by atoms with Crippen molar-refractivity contribution in [2.24, 2.45) is 5.92 Å². The lowest BCUT2D eigenvalue weighted by molar-refractivity contribution is 0.209. The molecular formula is C12H24N4O. The van der Waals surface area contributed by atoms with Gasteiger partial charge in [0.1, 0.15) is 0 Å². The Hall–Kier alpha value is -0.810. The van der Waals surface area contributed by atoms with E-state index in [1.54, 1.807) is 0 Å². The number of rotatable bonds is 5. The van der Waals surface area contributed by atoms with Gasteiger partial charge in [0.25, 0.3) is 0 Å². The molecule has 0 atom stereocenters. The van der Waals surface area contributed by atoms with Crippen molar-refractivity contribution < 1.29 is 4.79 Å². The number of amides is 2. The molecule has 98 valence electrons. The quantitative estimate of drug-likeness (QED) is 0.662. The van der Waals surface area contributed by atoms with E-state index < -0.39 is 0 Å². The van der Waals surface area contributed by atoms with Gasteiger partial charge in [-0.15, -0.1) is 0 Å². The van der Waals surface area contributed by atoms with Crippen LogP contribution in [0.4, 0.5) is 4.79 Å². The first-order valence-electron chi connectivity index (χ1n) is 6.68. The van der Waals surface area contributed by atoms with Crippen molar-refractivity contribution >= 4 is 6.03 Å². The molecule has 2 amide bonds. The Morgan fingerprint density at radius 1 is 1.35 bits per heavy atom. The fourth-order valence-electron chi connectivity index (χ4n) is 2.51. The Morgan fingerprint density at radius 3 is 2.76 bits per heavy atom. The Labute approximate surface area is 104 Å². The van der Waals surface area contributed by atoms with E-state index in [0.717, 1.165) is 38.6 Å². The van der Waals surface area contributed by atoms with Crippen molar-refractivity contribution in [1.29, 1.82) is 0 Å². The number of piperidine rings is 1. The molecule has 17 heavy (non-hydrogen) atoms. The zero-order valence-electron chi connectivity index (χ0n) is 10.7. The van der Waals surface area contributed by atoms with Gasteiger partial charge in [0.15, 0.2) is 0 Å². The van der Waals surface area contributed by atoms with Gasteiger partial charge >= 0.3 is 6.03 Å². The first-order valence-corrected chi connectivity index (χ1v) is 6.68. The molecule has 2 N–H and O–H groups in total. The van der Waals surface area contributed by atoms with Crippen LogP contribution >= 0.6 is 0 Å². The smallest absolute Gasteiger partial charge is 0.317 e. The predicted molar refractivity (Wildman–Crippen MR) is 68.1 cm³/mol. The SMILES string of the molecule is CN1CCC(CNCCN2CCNC2=O)CC1. The van der Waals surface area contributed by atoms with Gasteiger partial charge in [0, 0.05) is 26.2 Å². The minimum absolute atomic E-state index is 0.0890. The van der Waals surface area contributed by atoms with Gasteiger partial charge < -0.3 is 20.4 Å². The van der Waals surface area contributed by atoms with Crippen LogP contribution in [-0.2, 0) is 0 Å². The van der Waals surface area contributed by atoms with Crippen molar-refractivity contribution in [2.45, 2.75) is 12.8 Å². The fourth-order valence-corrected chi connectivity index (χ4v) is 2.51. The number of hydrogen-bond acceptors (Lipinski definition) is 3. The molecule has 5 heteroatoms. The number of carbonyl (C=O) groups excluding carboxylic acids is 1. The standard InChI is InChI=1S/C12H24N4O/c1-15-6-2-11(3-7-15)10-13-4-8-16-9-5-14-12(16)17/h11,13H,2-10H2,1H3,(H,14,17). The Kier molecular flexibility index (Phi) is 4.62. The van der Waals surface area contributed by atoms with Gasteiger partial charge in [-0.1, -0.05) is 0 Å². The van der Waals surface area contributed by atoms with E-state index in [9.17, 15) is 4.79 Å². The average molecular weight is 240 g/mol. The summed E-state index contributed by atoms with van der Waals surface area (Å²) in [6.07, 6.45) is 2.60. The van der Waals surface area contributed by atoms with Crippen LogP contribution in [0.5, 0.6) is 0 Å². The number of nitrogens with one attached hydrogen (secondary N) is 2. The lowest BCUT2D eigenvalue weighted by Crippen LogP contribution is -2.38. The molecule has 2 aliphatic heterocycles. The van der Waals surface area contributed by atoms with Crippen LogP contribution in [0.2, 0.25) is 0 Å². The summed E-state index contributed by atoms with van der Waals surface area (Å²) in [5, 5.41) is 6.30. The van der Waals surface area contributed by atoms with Crippen molar-refractivity contribution in [2.75, 3.05) is 52.9 Å². The summed E-state index contributed by atoms with van der Waals surface area (Å²) >= 11 is 0. The summed E-state index contributed by atoms with van der Waals surface area (Å²) in [6, 6.07) is 0.0890. The number of carbonyl (C=O) groups is 1.